The van der Waals surface area contributed by atoms with Crippen LogP contribution in [0.4, 0.5) is 18.9 Å². The number of anilines is 1. The van der Waals surface area contributed by atoms with Gasteiger partial charge in [-0.2, -0.15) is 13.2 Å². The maximum atomic E-state index is 12.6. The second-order valence-electron chi connectivity index (χ2n) is 5.30. The highest BCUT2D eigenvalue weighted by Crippen LogP contribution is 2.30. The van der Waals surface area contributed by atoms with Gasteiger partial charge in [0.2, 0.25) is 0 Å². The summed E-state index contributed by atoms with van der Waals surface area (Å²) in [5, 5.41) is 4.77. The normalized spacial score (nSPS) is 11.2. The minimum atomic E-state index is -4.41. The number of ether oxygens (including phenoxy) is 1. The quantitative estimate of drug-likeness (QED) is 0.688. The molecule has 3 aromatic rings. The molecule has 0 atom stereocenters. The molecule has 0 unspecified atom stereocenters. The molecule has 1 aromatic heterocycles. The van der Waals surface area contributed by atoms with Crippen molar-refractivity contribution < 1.29 is 22.7 Å². The van der Waals surface area contributed by atoms with Gasteiger partial charge in [0.05, 0.1) is 12.7 Å². The Hall–Kier alpha value is -2.87. The van der Waals surface area contributed by atoms with Crippen LogP contribution in [-0.4, -0.2) is 18.0 Å². The van der Waals surface area contributed by atoms with Gasteiger partial charge in [0.15, 0.2) is 0 Å². The Kier molecular flexibility index (Phi) is 4.94. The third-order valence-electron chi connectivity index (χ3n) is 3.52. The van der Waals surface area contributed by atoms with Crippen LogP contribution in [0.3, 0.4) is 0 Å². The maximum absolute atomic E-state index is 12.6. The van der Waals surface area contributed by atoms with E-state index in [2.05, 4.69) is 10.3 Å². The van der Waals surface area contributed by atoms with Gasteiger partial charge in [-0.3, -0.25) is 4.79 Å². The van der Waals surface area contributed by atoms with Gasteiger partial charge >= 0.3 is 6.18 Å². The molecular weight excluding hydrogens is 365 g/mol. The van der Waals surface area contributed by atoms with E-state index in [1.165, 1.54) is 23.5 Å². The van der Waals surface area contributed by atoms with Crippen molar-refractivity contribution in [3.8, 4) is 16.3 Å². The molecule has 0 aliphatic heterocycles. The molecular formula is C18H13F3N2O2S. The standard InChI is InChI=1S/C18H13F3N2O2S/c1-25-14-4-2-3-11(9-14)17-23-15(10-26-17)16(24)22-13-7-5-12(6-8-13)18(19,20)21/h2-10H,1H3,(H,22,24). The van der Waals surface area contributed by atoms with Gasteiger partial charge in [0.1, 0.15) is 16.5 Å². The van der Waals surface area contributed by atoms with Crippen molar-refractivity contribution in [2.45, 2.75) is 6.18 Å². The predicted octanol–water partition coefficient (Wildman–Crippen LogP) is 5.09. The fourth-order valence-electron chi connectivity index (χ4n) is 2.20. The summed E-state index contributed by atoms with van der Waals surface area (Å²) < 4.78 is 42.8. The summed E-state index contributed by atoms with van der Waals surface area (Å²) in [4.78, 5) is 16.5. The van der Waals surface area contributed by atoms with E-state index in [-0.39, 0.29) is 11.4 Å². The molecule has 0 radical (unpaired) electrons. The summed E-state index contributed by atoms with van der Waals surface area (Å²) in [6.45, 7) is 0. The number of benzene rings is 2. The minimum Gasteiger partial charge on any atom is -0.497 e. The van der Waals surface area contributed by atoms with Gasteiger partial charge in [-0.1, -0.05) is 12.1 Å². The average Bonchev–Trinajstić information content (AvgIpc) is 3.12. The first-order valence-corrected chi connectivity index (χ1v) is 8.33. The highest BCUT2D eigenvalue weighted by molar-refractivity contribution is 7.13. The molecule has 0 spiro atoms. The molecule has 0 saturated carbocycles. The fraction of sp³-hybridized carbons (Fsp3) is 0.111. The first-order valence-electron chi connectivity index (χ1n) is 7.45. The number of alkyl halides is 3. The van der Waals surface area contributed by atoms with E-state index < -0.39 is 17.6 Å². The van der Waals surface area contributed by atoms with E-state index in [1.54, 1.807) is 24.6 Å². The van der Waals surface area contributed by atoms with Crippen molar-refractivity contribution in [3.63, 3.8) is 0 Å². The van der Waals surface area contributed by atoms with Crippen LogP contribution >= 0.6 is 11.3 Å². The first kappa shape index (κ1) is 17.9. The van der Waals surface area contributed by atoms with Gasteiger partial charge in [-0.05, 0) is 36.4 Å². The Bertz CT molecular complexity index is 921. The summed E-state index contributed by atoms with van der Waals surface area (Å²) in [7, 11) is 1.56. The molecule has 4 nitrogen and oxygen atoms in total. The fourth-order valence-corrected chi connectivity index (χ4v) is 3.00. The van der Waals surface area contributed by atoms with Crippen molar-refractivity contribution in [1.82, 2.24) is 4.98 Å². The molecule has 1 heterocycles. The molecule has 1 N–H and O–H groups in total. The lowest BCUT2D eigenvalue weighted by Gasteiger charge is -2.08. The number of aromatic nitrogens is 1. The van der Waals surface area contributed by atoms with Crippen LogP contribution in [0.2, 0.25) is 0 Å². The number of amides is 1. The monoisotopic (exact) mass is 378 g/mol. The third kappa shape index (κ3) is 4.02. The molecule has 0 aliphatic carbocycles. The number of hydrogen-bond donors (Lipinski definition) is 1. The zero-order chi connectivity index (χ0) is 18.7. The Labute approximate surface area is 151 Å². The lowest BCUT2D eigenvalue weighted by Crippen LogP contribution is -2.12. The van der Waals surface area contributed by atoms with Crippen LogP contribution < -0.4 is 10.1 Å². The number of nitrogens with zero attached hydrogens (tertiary/aromatic N) is 1. The summed E-state index contributed by atoms with van der Waals surface area (Å²) in [5.74, 6) is 0.184. The van der Waals surface area contributed by atoms with Crippen molar-refractivity contribution >= 4 is 22.9 Å². The van der Waals surface area contributed by atoms with Crippen molar-refractivity contribution in [2.24, 2.45) is 0 Å². The Morgan fingerprint density at radius 2 is 1.88 bits per heavy atom. The van der Waals surface area contributed by atoms with Gasteiger partial charge in [0.25, 0.3) is 5.91 Å². The molecule has 0 fully saturated rings. The molecule has 8 heteroatoms. The largest absolute Gasteiger partial charge is 0.497 e. The number of thiazole rings is 1. The number of halogens is 3. The highest BCUT2D eigenvalue weighted by atomic mass is 32.1. The van der Waals surface area contributed by atoms with Gasteiger partial charge < -0.3 is 10.1 Å². The van der Waals surface area contributed by atoms with Gasteiger partial charge in [-0.15, -0.1) is 11.3 Å². The summed E-state index contributed by atoms with van der Waals surface area (Å²) in [6, 6.07) is 11.5. The van der Waals surface area contributed by atoms with E-state index in [0.717, 1.165) is 17.7 Å². The maximum Gasteiger partial charge on any atom is 0.416 e. The first-order chi connectivity index (χ1) is 12.4. The third-order valence-corrected chi connectivity index (χ3v) is 4.41. The summed E-state index contributed by atoms with van der Waals surface area (Å²) >= 11 is 1.29. The number of methoxy groups -OCH3 is 1. The number of nitrogens with one attached hydrogen (secondary N) is 1. The number of carbonyl (C=O) groups excluding carboxylic acids is 1. The topological polar surface area (TPSA) is 51.2 Å². The van der Waals surface area contributed by atoms with Crippen molar-refractivity contribution in [2.75, 3.05) is 12.4 Å². The van der Waals surface area contributed by atoms with E-state index in [1.807, 2.05) is 12.1 Å². The SMILES string of the molecule is COc1cccc(-c2nc(C(=O)Nc3ccc(C(F)(F)F)cc3)cs2)c1. The van der Waals surface area contributed by atoms with Gasteiger partial charge in [-0.25, -0.2) is 4.98 Å². The lowest BCUT2D eigenvalue weighted by molar-refractivity contribution is -0.137. The minimum absolute atomic E-state index is 0.188. The average molecular weight is 378 g/mol. The van der Waals surface area contributed by atoms with Crippen LogP contribution in [-0.2, 0) is 6.18 Å². The number of carbonyl (C=O) groups is 1. The van der Waals surface area contributed by atoms with Crippen molar-refractivity contribution in [1.29, 1.82) is 0 Å². The number of hydrogen-bond acceptors (Lipinski definition) is 4. The van der Waals surface area contributed by atoms with E-state index in [9.17, 15) is 18.0 Å². The predicted molar refractivity (Wildman–Crippen MR) is 93.5 cm³/mol. The van der Waals surface area contributed by atoms with Crippen LogP contribution in [0.25, 0.3) is 10.6 Å². The van der Waals surface area contributed by atoms with Crippen LogP contribution in [0.5, 0.6) is 5.75 Å². The van der Waals surface area contributed by atoms with Gasteiger partial charge in [0, 0.05) is 16.6 Å². The second kappa shape index (κ2) is 7.17. The Morgan fingerprint density at radius 3 is 2.54 bits per heavy atom. The Morgan fingerprint density at radius 1 is 1.15 bits per heavy atom. The Balaban J connectivity index is 1.74. The van der Waals surface area contributed by atoms with E-state index >= 15 is 0 Å². The highest BCUT2D eigenvalue weighted by Gasteiger charge is 2.30. The van der Waals surface area contributed by atoms with Crippen LogP contribution in [0.1, 0.15) is 16.1 Å². The lowest BCUT2D eigenvalue weighted by atomic mass is 10.2. The molecule has 1 amide bonds. The molecule has 0 aliphatic rings. The molecule has 3 rings (SSSR count). The van der Waals surface area contributed by atoms with Crippen LogP contribution in [0, 0.1) is 0 Å². The smallest absolute Gasteiger partial charge is 0.416 e. The zero-order valence-electron chi connectivity index (χ0n) is 13.5. The summed E-state index contributed by atoms with van der Waals surface area (Å²) in [6.07, 6.45) is -4.41. The summed E-state index contributed by atoms with van der Waals surface area (Å²) in [5.41, 5.74) is 0.485. The molecule has 2 aromatic carbocycles. The molecule has 134 valence electrons. The zero-order valence-corrected chi connectivity index (χ0v) is 14.3. The van der Waals surface area contributed by atoms with E-state index in [0.29, 0.717) is 10.8 Å². The van der Waals surface area contributed by atoms with Crippen LogP contribution in [0.15, 0.2) is 53.9 Å². The van der Waals surface area contributed by atoms with Crippen molar-refractivity contribution in [3.05, 3.63) is 65.2 Å². The second-order valence-corrected chi connectivity index (χ2v) is 6.16. The van der Waals surface area contributed by atoms with E-state index in [4.69, 9.17) is 4.74 Å². The number of rotatable bonds is 4. The molecule has 26 heavy (non-hydrogen) atoms. The molecule has 0 saturated heterocycles. The molecule has 0 bridgehead atoms.